The summed E-state index contributed by atoms with van der Waals surface area (Å²) in [5.74, 6) is 0. The second-order valence-electron chi connectivity index (χ2n) is 12.0. The number of nitriles is 1. The summed E-state index contributed by atoms with van der Waals surface area (Å²) in [7, 11) is 0. The Balaban J connectivity index is 1.19. The molecule has 0 spiro atoms. The Morgan fingerprint density at radius 2 is 0.851 bits per heavy atom. The Labute approximate surface area is 273 Å². The van der Waals surface area contributed by atoms with Gasteiger partial charge in [0.2, 0.25) is 0 Å². The summed E-state index contributed by atoms with van der Waals surface area (Å²) < 4.78 is 2.33. The highest BCUT2D eigenvalue weighted by atomic mass is 15.0. The standard InChI is InChI=1S/C45H28N2/c46-29-33-28-32(30-22-25-34(26-23-30)47-42-20-10-8-14-36(42)37-15-9-11-21-43(37)47)24-27-35(33)45-40-18-6-4-16-38(40)44(31-12-2-1-3-13-31)39-17-5-7-19-41(39)45/h1-28H. The summed E-state index contributed by atoms with van der Waals surface area (Å²) in [6.07, 6.45) is 0. The molecule has 47 heavy (non-hydrogen) atoms. The number of aromatic nitrogens is 1. The molecule has 0 saturated carbocycles. The van der Waals surface area contributed by atoms with Crippen LogP contribution in [0.4, 0.5) is 0 Å². The van der Waals surface area contributed by atoms with Crippen LogP contribution in [0.25, 0.3) is 82.4 Å². The Hall–Kier alpha value is -6.43. The molecular formula is C45H28N2. The van der Waals surface area contributed by atoms with Gasteiger partial charge in [-0.3, -0.25) is 0 Å². The van der Waals surface area contributed by atoms with Crippen molar-refractivity contribution in [1.29, 1.82) is 5.26 Å². The molecule has 0 aliphatic rings. The van der Waals surface area contributed by atoms with Gasteiger partial charge in [-0.1, -0.05) is 140 Å². The summed E-state index contributed by atoms with van der Waals surface area (Å²) in [6.45, 7) is 0. The molecule has 0 radical (unpaired) electrons. The van der Waals surface area contributed by atoms with E-state index in [2.05, 4.69) is 174 Å². The summed E-state index contributed by atoms with van der Waals surface area (Å²) in [4.78, 5) is 0. The van der Waals surface area contributed by atoms with E-state index in [0.717, 1.165) is 38.7 Å². The zero-order valence-electron chi connectivity index (χ0n) is 25.6. The van der Waals surface area contributed by atoms with Crippen molar-refractivity contribution in [2.45, 2.75) is 0 Å². The van der Waals surface area contributed by atoms with Gasteiger partial charge in [-0.25, -0.2) is 0 Å². The van der Waals surface area contributed by atoms with Crippen LogP contribution in [-0.4, -0.2) is 4.57 Å². The predicted octanol–water partition coefficient (Wildman–Crippen LogP) is 12.0. The third kappa shape index (κ3) is 4.26. The van der Waals surface area contributed by atoms with Crippen LogP contribution >= 0.6 is 0 Å². The van der Waals surface area contributed by atoms with Crippen molar-refractivity contribution < 1.29 is 0 Å². The lowest BCUT2D eigenvalue weighted by Crippen LogP contribution is -1.94. The molecule has 0 aliphatic heterocycles. The number of fused-ring (bicyclic) bond motifs is 5. The molecule has 0 fully saturated rings. The first-order valence-electron chi connectivity index (χ1n) is 15.9. The maximum absolute atomic E-state index is 10.5. The molecule has 8 aromatic carbocycles. The average Bonchev–Trinajstić information content (AvgIpc) is 3.48. The van der Waals surface area contributed by atoms with Gasteiger partial charge in [0.15, 0.2) is 0 Å². The monoisotopic (exact) mass is 596 g/mol. The van der Waals surface area contributed by atoms with E-state index < -0.39 is 0 Å². The van der Waals surface area contributed by atoms with Gasteiger partial charge < -0.3 is 4.57 Å². The van der Waals surface area contributed by atoms with Crippen LogP contribution in [0.5, 0.6) is 0 Å². The lowest BCUT2D eigenvalue weighted by molar-refractivity contribution is 1.18. The molecule has 218 valence electrons. The number of benzene rings is 8. The Morgan fingerprint density at radius 3 is 1.40 bits per heavy atom. The smallest absolute Gasteiger partial charge is 0.0998 e. The highest BCUT2D eigenvalue weighted by Gasteiger charge is 2.19. The zero-order chi connectivity index (χ0) is 31.3. The summed E-state index contributed by atoms with van der Waals surface area (Å²) in [5, 5.41) is 17.7. The molecule has 1 aromatic heterocycles. The van der Waals surface area contributed by atoms with Crippen LogP contribution in [0.2, 0.25) is 0 Å². The Kier molecular flexibility index (Phi) is 6.23. The predicted molar refractivity (Wildman–Crippen MR) is 197 cm³/mol. The van der Waals surface area contributed by atoms with Crippen molar-refractivity contribution in [2.24, 2.45) is 0 Å². The van der Waals surface area contributed by atoms with E-state index in [-0.39, 0.29) is 0 Å². The van der Waals surface area contributed by atoms with Crippen LogP contribution in [0.15, 0.2) is 170 Å². The maximum Gasteiger partial charge on any atom is 0.0998 e. The third-order valence-electron chi connectivity index (χ3n) is 9.44. The second kappa shape index (κ2) is 10.9. The van der Waals surface area contributed by atoms with E-state index >= 15 is 0 Å². The van der Waals surface area contributed by atoms with Crippen LogP contribution in [0.1, 0.15) is 5.56 Å². The largest absolute Gasteiger partial charge is 0.309 e. The first-order valence-corrected chi connectivity index (χ1v) is 15.9. The van der Waals surface area contributed by atoms with E-state index in [9.17, 15) is 5.26 Å². The molecule has 0 unspecified atom stereocenters. The Bertz CT molecular complexity index is 2560. The molecule has 0 N–H and O–H groups in total. The molecule has 0 amide bonds. The molecule has 0 saturated heterocycles. The molecule has 0 atom stereocenters. The van der Waals surface area contributed by atoms with Crippen molar-refractivity contribution in [3.05, 3.63) is 175 Å². The first-order chi connectivity index (χ1) is 23.3. The second-order valence-corrected chi connectivity index (χ2v) is 12.0. The minimum absolute atomic E-state index is 0.664. The van der Waals surface area contributed by atoms with Gasteiger partial charge in [-0.05, 0) is 79.7 Å². The minimum Gasteiger partial charge on any atom is -0.309 e. The van der Waals surface area contributed by atoms with Crippen molar-refractivity contribution in [2.75, 3.05) is 0 Å². The summed E-state index contributed by atoms with van der Waals surface area (Å²) in [5.41, 5.74) is 10.7. The van der Waals surface area contributed by atoms with E-state index in [1.807, 2.05) is 6.07 Å². The van der Waals surface area contributed by atoms with Crippen molar-refractivity contribution >= 4 is 43.4 Å². The molecule has 0 aliphatic carbocycles. The number of para-hydroxylation sites is 2. The summed E-state index contributed by atoms with van der Waals surface area (Å²) >= 11 is 0. The van der Waals surface area contributed by atoms with Crippen LogP contribution < -0.4 is 0 Å². The van der Waals surface area contributed by atoms with Gasteiger partial charge >= 0.3 is 0 Å². The van der Waals surface area contributed by atoms with Crippen LogP contribution in [0, 0.1) is 11.3 Å². The van der Waals surface area contributed by atoms with Gasteiger partial charge in [0, 0.05) is 22.0 Å². The summed E-state index contributed by atoms with van der Waals surface area (Å²) in [6, 6.07) is 62.4. The zero-order valence-corrected chi connectivity index (χ0v) is 25.6. The quantitative estimate of drug-likeness (QED) is 0.186. The van der Waals surface area contributed by atoms with Gasteiger partial charge in [0.1, 0.15) is 0 Å². The highest BCUT2D eigenvalue weighted by Crippen LogP contribution is 2.45. The fourth-order valence-corrected chi connectivity index (χ4v) is 7.37. The number of nitrogens with zero attached hydrogens (tertiary/aromatic N) is 2. The lowest BCUT2D eigenvalue weighted by atomic mass is 9.84. The third-order valence-corrected chi connectivity index (χ3v) is 9.44. The van der Waals surface area contributed by atoms with Gasteiger partial charge in [0.05, 0.1) is 22.7 Å². The molecule has 1 heterocycles. The minimum atomic E-state index is 0.664. The molecular weight excluding hydrogens is 569 g/mol. The van der Waals surface area contributed by atoms with Crippen molar-refractivity contribution in [3.8, 4) is 45.1 Å². The van der Waals surface area contributed by atoms with Crippen molar-refractivity contribution in [3.63, 3.8) is 0 Å². The number of rotatable bonds is 4. The molecule has 0 bridgehead atoms. The Morgan fingerprint density at radius 1 is 0.383 bits per heavy atom. The first kappa shape index (κ1) is 26.9. The van der Waals surface area contributed by atoms with E-state index in [1.165, 1.54) is 43.7 Å². The molecule has 2 nitrogen and oxygen atoms in total. The van der Waals surface area contributed by atoms with E-state index in [4.69, 9.17) is 0 Å². The lowest BCUT2D eigenvalue weighted by Gasteiger charge is -2.18. The average molecular weight is 597 g/mol. The fourth-order valence-electron chi connectivity index (χ4n) is 7.37. The molecule has 2 heteroatoms. The normalized spacial score (nSPS) is 11.4. The molecule has 9 aromatic rings. The van der Waals surface area contributed by atoms with Gasteiger partial charge in [-0.15, -0.1) is 0 Å². The van der Waals surface area contributed by atoms with Crippen LogP contribution in [0.3, 0.4) is 0 Å². The van der Waals surface area contributed by atoms with Gasteiger partial charge in [-0.2, -0.15) is 5.26 Å². The molecule has 9 rings (SSSR count). The highest BCUT2D eigenvalue weighted by molar-refractivity contribution is 6.21. The SMILES string of the molecule is N#Cc1cc(-c2ccc(-n3c4ccccc4c4ccccc43)cc2)ccc1-c1c2ccccc2c(-c2ccccc2)c2ccccc12. The van der Waals surface area contributed by atoms with Gasteiger partial charge in [0.25, 0.3) is 0 Å². The number of hydrogen-bond donors (Lipinski definition) is 0. The van der Waals surface area contributed by atoms with E-state index in [1.54, 1.807) is 0 Å². The van der Waals surface area contributed by atoms with Crippen LogP contribution in [-0.2, 0) is 0 Å². The topological polar surface area (TPSA) is 28.7 Å². The maximum atomic E-state index is 10.5. The fraction of sp³-hybridized carbons (Fsp3) is 0. The number of hydrogen-bond acceptors (Lipinski definition) is 1. The van der Waals surface area contributed by atoms with E-state index in [0.29, 0.717) is 5.56 Å². The van der Waals surface area contributed by atoms with Crippen molar-refractivity contribution in [1.82, 2.24) is 4.57 Å².